The van der Waals surface area contributed by atoms with E-state index in [4.69, 9.17) is 25.4 Å². The normalized spacial score (nSPS) is 22.9. The molecule has 1 fully saturated rings. The van der Waals surface area contributed by atoms with Gasteiger partial charge in [-0.1, -0.05) is 121 Å². The molecule has 0 aromatic heterocycles. The van der Waals surface area contributed by atoms with E-state index < -0.39 is 36.6 Å². The van der Waals surface area contributed by atoms with E-state index in [1.807, 2.05) is 121 Å². The van der Waals surface area contributed by atoms with E-state index in [1.54, 1.807) is 0 Å². The smallest absolute Gasteiger partial charge is 0.115 e. The summed E-state index contributed by atoms with van der Waals surface area (Å²) >= 11 is 0. The molecule has 0 heterocycles. The topological polar surface area (TPSA) is 69.2 Å². The van der Waals surface area contributed by atoms with E-state index in [0.29, 0.717) is 39.4 Å². The van der Waals surface area contributed by atoms with Crippen LogP contribution in [0.4, 0.5) is 0 Å². The van der Waals surface area contributed by atoms with E-state index in [1.165, 1.54) is 0 Å². The lowest BCUT2D eigenvalue weighted by atomic mass is 9.82. The number of nitrogens with one attached hydrogen (secondary N) is 1. The lowest BCUT2D eigenvalue weighted by molar-refractivity contribution is -0.250. The summed E-state index contributed by atoms with van der Waals surface area (Å²) in [5.74, 6) is 2.71. The van der Waals surface area contributed by atoms with Gasteiger partial charge in [-0.15, -0.1) is 12.3 Å². The first-order valence-corrected chi connectivity index (χ1v) is 15.7. The molecular weight excluding hydrogens is 562 g/mol. The molecule has 0 bridgehead atoms. The van der Waals surface area contributed by atoms with Crippen molar-refractivity contribution in [1.29, 1.82) is 0 Å². The summed E-state index contributed by atoms with van der Waals surface area (Å²) in [6.07, 6.45) is 3.56. The predicted molar refractivity (Wildman–Crippen MR) is 176 cm³/mol. The average Bonchev–Trinajstić information content (AvgIpc) is 3.10. The van der Waals surface area contributed by atoms with Gasteiger partial charge in [0, 0.05) is 6.42 Å². The van der Waals surface area contributed by atoms with Crippen molar-refractivity contribution in [2.75, 3.05) is 6.54 Å². The Hall–Kier alpha value is -3.80. The fraction of sp³-hybridized carbons (Fsp3) is 0.333. The molecule has 1 aliphatic carbocycles. The third-order valence-electron chi connectivity index (χ3n) is 8.05. The Morgan fingerprint density at radius 1 is 0.533 bits per heavy atom. The molecule has 6 nitrogen and oxygen atoms in total. The van der Waals surface area contributed by atoms with E-state index in [0.717, 1.165) is 28.7 Å². The number of terminal acetylenes is 1. The number of ether oxygens (including phenoxy) is 4. The van der Waals surface area contributed by atoms with Gasteiger partial charge in [-0.2, -0.15) is 0 Å². The first-order chi connectivity index (χ1) is 22.2. The Kier molecular flexibility index (Phi) is 12.8. The highest BCUT2D eigenvalue weighted by Gasteiger charge is 2.53. The molecule has 0 saturated heterocycles. The molecule has 45 heavy (non-hydrogen) atoms. The van der Waals surface area contributed by atoms with Crippen LogP contribution in [-0.4, -0.2) is 48.2 Å². The lowest BCUT2D eigenvalue weighted by Crippen LogP contribution is -2.69. The van der Waals surface area contributed by atoms with Crippen molar-refractivity contribution in [1.82, 2.24) is 5.32 Å². The van der Waals surface area contributed by atoms with Gasteiger partial charge in [-0.05, 0) is 35.2 Å². The van der Waals surface area contributed by atoms with Crippen LogP contribution < -0.4 is 5.32 Å². The molecule has 6 atom stereocenters. The Morgan fingerprint density at radius 2 is 0.889 bits per heavy atom. The molecule has 0 aliphatic heterocycles. The number of hydrogen-bond acceptors (Lipinski definition) is 6. The highest BCUT2D eigenvalue weighted by atomic mass is 16.6. The third kappa shape index (κ3) is 9.59. The van der Waals surface area contributed by atoms with E-state index in [9.17, 15) is 5.11 Å². The number of hydrogen-bond donors (Lipinski definition) is 2. The third-order valence-corrected chi connectivity index (χ3v) is 8.05. The molecule has 0 unspecified atom stereocenters. The number of aliphatic hydroxyl groups is 1. The fourth-order valence-corrected chi connectivity index (χ4v) is 5.71. The second-order valence-corrected chi connectivity index (χ2v) is 11.3. The number of unbranched alkanes of at least 4 members (excludes halogenated alkanes) is 1. The lowest BCUT2D eigenvalue weighted by Gasteiger charge is -2.49. The standard InChI is InChI=1S/C39H43NO5/c1-2-3-16-25-40-34-35(41)37(43-27-31-19-10-5-11-20-31)39(45-29-33-23-14-7-15-24-33)38(44-28-32-21-12-6-13-22-32)36(34)42-26-30-17-8-4-9-18-30/h1,4-15,17-24,34-41H,3,16,25-29H2/t34-,35-,36+,37+,38-,39-/m1/s1. The minimum absolute atomic E-state index is 0.318. The quantitative estimate of drug-likeness (QED) is 0.119. The Balaban J connectivity index is 1.48. The summed E-state index contributed by atoms with van der Waals surface area (Å²) in [6, 6.07) is 39.6. The Labute approximate surface area is 267 Å². The van der Waals surface area contributed by atoms with E-state index >= 15 is 0 Å². The van der Waals surface area contributed by atoms with Crippen LogP contribution in [0.25, 0.3) is 0 Å². The predicted octanol–water partition coefficient (Wildman–Crippen LogP) is 6.07. The maximum absolute atomic E-state index is 12.1. The highest BCUT2D eigenvalue weighted by Crippen LogP contribution is 2.33. The summed E-state index contributed by atoms with van der Waals surface area (Å²) in [5, 5.41) is 15.6. The first kappa shape index (κ1) is 32.6. The van der Waals surface area contributed by atoms with Crippen LogP contribution in [0.3, 0.4) is 0 Å². The summed E-state index contributed by atoms with van der Waals surface area (Å²) < 4.78 is 26.6. The van der Waals surface area contributed by atoms with Crippen molar-refractivity contribution in [2.24, 2.45) is 0 Å². The molecule has 5 rings (SSSR count). The van der Waals surface area contributed by atoms with Crippen molar-refractivity contribution in [3.8, 4) is 12.3 Å². The van der Waals surface area contributed by atoms with Crippen LogP contribution in [0.15, 0.2) is 121 Å². The minimum atomic E-state index is -0.947. The van der Waals surface area contributed by atoms with Gasteiger partial charge in [0.15, 0.2) is 0 Å². The molecule has 0 spiro atoms. The SMILES string of the molecule is C#CCCCN[C@@H]1[C@@H](O)[C@H](OCc2ccccc2)[C@@H](OCc2ccccc2)[C@H](OCc2ccccc2)[C@H]1OCc1ccccc1. The molecule has 4 aromatic rings. The molecule has 6 heteroatoms. The number of rotatable bonds is 16. The molecule has 4 aromatic carbocycles. The van der Waals surface area contributed by atoms with Gasteiger partial charge in [-0.3, -0.25) is 0 Å². The zero-order chi connectivity index (χ0) is 31.1. The van der Waals surface area contributed by atoms with Crippen molar-refractivity contribution in [3.05, 3.63) is 144 Å². The van der Waals surface area contributed by atoms with Gasteiger partial charge < -0.3 is 29.4 Å². The maximum atomic E-state index is 12.1. The van der Waals surface area contributed by atoms with Gasteiger partial charge >= 0.3 is 0 Å². The fourth-order valence-electron chi connectivity index (χ4n) is 5.71. The van der Waals surface area contributed by atoms with Gasteiger partial charge in [-0.25, -0.2) is 0 Å². The first-order valence-electron chi connectivity index (χ1n) is 15.7. The van der Waals surface area contributed by atoms with E-state index in [-0.39, 0.29) is 0 Å². The van der Waals surface area contributed by atoms with Crippen molar-refractivity contribution < 1.29 is 24.1 Å². The molecule has 234 valence electrons. The second-order valence-electron chi connectivity index (χ2n) is 11.3. The molecule has 1 saturated carbocycles. The molecular formula is C39H43NO5. The Bertz CT molecular complexity index is 1410. The highest BCUT2D eigenvalue weighted by molar-refractivity contribution is 5.17. The van der Waals surface area contributed by atoms with Crippen molar-refractivity contribution >= 4 is 0 Å². The monoisotopic (exact) mass is 605 g/mol. The number of aliphatic hydroxyl groups excluding tert-OH is 1. The summed E-state index contributed by atoms with van der Waals surface area (Å²) in [7, 11) is 0. The minimum Gasteiger partial charge on any atom is -0.389 e. The summed E-state index contributed by atoms with van der Waals surface area (Å²) in [4.78, 5) is 0. The van der Waals surface area contributed by atoms with Gasteiger partial charge in [0.2, 0.25) is 0 Å². The largest absolute Gasteiger partial charge is 0.389 e. The van der Waals surface area contributed by atoms with Crippen LogP contribution in [0.2, 0.25) is 0 Å². The van der Waals surface area contributed by atoms with Crippen LogP contribution in [-0.2, 0) is 45.4 Å². The van der Waals surface area contributed by atoms with Crippen molar-refractivity contribution in [2.45, 2.75) is 75.8 Å². The molecule has 1 aliphatic rings. The van der Waals surface area contributed by atoms with Gasteiger partial charge in [0.25, 0.3) is 0 Å². The van der Waals surface area contributed by atoms with Crippen LogP contribution in [0.1, 0.15) is 35.1 Å². The van der Waals surface area contributed by atoms with E-state index in [2.05, 4.69) is 11.2 Å². The van der Waals surface area contributed by atoms with Crippen LogP contribution in [0.5, 0.6) is 0 Å². The van der Waals surface area contributed by atoms with Gasteiger partial charge in [0.05, 0.1) is 32.5 Å². The number of benzene rings is 4. The molecule has 0 radical (unpaired) electrons. The zero-order valence-electron chi connectivity index (χ0n) is 25.6. The Morgan fingerprint density at radius 3 is 1.29 bits per heavy atom. The summed E-state index contributed by atoms with van der Waals surface area (Å²) in [5.41, 5.74) is 4.10. The van der Waals surface area contributed by atoms with Crippen LogP contribution in [0, 0.1) is 12.3 Å². The molecule has 2 N–H and O–H groups in total. The summed E-state index contributed by atoms with van der Waals surface area (Å²) in [6.45, 7) is 1.97. The second kappa shape index (κ2) is 17.6. The zero-order valence-corrected chi connectivity index (χ0v) is 25.6. The van der Waals surface area contributed by atoms with Gasteiger partial charge in [0.1, 0.15) is 30.5 Å². The van der Waals surface area contributed by atoms with Crippen LogP contribution >= 0.6 is 0 Å². The average molecular weight is 606 g/mol. The maximum Gasteiger partial charge on any atom is 0.115 e. The van der Waals surface area contributed by atoms with Crippen molar-refractivity contribution in [3.63, 3.8) is 0 Å². The molecule has 0 amide bonds.